The Balaban J connectivity index is 2.08. The lowest BCUT2D eigenvalue weighted by Crippen LogP contribution is -2.37. The molecule has 0 aromatic heterocycles. The van der Waals surface area contributed by atoms with E-state index in [1.807, 2.05) is 19.1 Å². The molecule has 0 unspecified atom stereocenters. The lowest BCUT2D eigenvalue weighted by molar-refractivity contribution is -0.116. The minimum atomic E-state index is -3.67. The van der Waals surface area contributed by atoms with Gasteiger partial charge >= 0.3 is 0 Å². The van der Waals surface area contributed by atoms with Crippen molar-refractivity contribution < 1.29 is 17.6 Å². The standard InChI is InChI=1S/C18H21FN2O3S/c1-3-14-8-10-16(11-9-14)20-18(22)13-21(25(2,23)24)12-15-6-4-5-7-17(15)19/h4-11H,3,12-13H2,1-2H3,(H,20,22). The first kappa shape index (κ1) is 19.1. The highest BCUT2D eigenvalue weighted by Gasteiger charge is 2.21. The molecular formula is C18H21FN2O3S. The van der Waals surface area contributed by atoms with Gasteiger partial charge in [0.15, 0.2) is 0 Å². The number of carbonyl (C=O) groups is 1. The molecule has 0 fully saturated rings. The fourth-order valence-corrected chi connectivity index (χ4v) is 3.02. The fraction of sp³-hybridized carbons (Fsp3) is 0.278. The summed E-state index contributed by atoms with van der Waals surface area (Å²) >= 11 is 0. The van der Waals surface area contributed by atoms with Crippen molar-refractivity contribution in [3.8, 4) is 0 Å². The molecule has 5 nitrogen and oxygen atoms in total. The van der Waals surface area contributed by atoms with Crippen molar-refractivity contribution in [2.45, 2.75) is 19.9 Å². The number of sulfonamides is 1. The van der Waals surface area contributed by atoms with E-state index >= 15 is 0 Å². The monoisotopic (exact) mass is 364 g/mol. The number of aryl methyl sites for hydroxylation is 1. The quantitative estimate of drug-likeness (QED) is 0.821. The zero-order chi connectivity index (χ0) is 18.4. The zero-order valence-electron chi connectivity index (χ0n) is 14.2. The third kappa shape index (κ3) is 5.65. The van der Waals surface area contributed by atoms with Crippen LogP contribution in [0.2, 0.25) is 0 Å². The number of nitrogens with one attached hydrogen (secondary N) is 1. The Morgan fingerprint density at radius 1 is 1.12 bits per heavy atom. The average molecular weight is 364 g/mol. The molecule has 1 N–H and O–H groups in total. The smallest absolute Gasteiger partial charge is 0.239 e. The van der Waals surface area contributed by atoms with Crippen LogP contribution in [0, 0.1) is 5.82 Å². The normalized spacial score (nSPS) is 11.5. The summed E-state index contributed by atoms with van der Waals surface area (Å²) in [6, 6.07) is 13.2. The molecule has 0 heterocycles. The summed E-state index contributed by atoms with van der Waals surface area (Å²) in [5.41, 5.74) is 1.94. The van der Waals surface area contributed by atoms with Crippen LogP contribution >= 0.6 is 0 Å². The summed E-state index contributed by atoms with van der Waals surface area (Å²) in [5.74, 6) is -0.988. The minimum absolute atomic E-state index is 0.201. The van der Waals surface area contributed by atoms with E-state index in [9.17, 15) is 17.6 Å². The molecule has 0 aliphatic carbocycles. The first-order valence-corrected chi connectivity index (χ1v) is 9.71. The summed E-state index contributed by atoms with van der Waals surface area (Å²) < 4.78 is 38.6. The summed E-state index contributed by atoms with van der Waals surface area (Å²) in [4.78, 5) is 12.2. The number of nitrogens with zero attached hydrogens (tertiary/aromatic N) is 1. The van der Waals surface area contributed by atoms with Crippen molar-refractivity contribution in [2.24, 2.45) is 0 Å². The Morgan fingerprint density at radius 2 is 1.76 bits per heavy atom. The molecule has 0 saturated heterocycles. The second-order valence-electron chi connectivity index (χ2n) is 5.72. The number of rotatable bonds is 7. The fourth-order valence-electron chi connectivity index (χ4n) is 2.29. The van der Waals surface area contributed by atoms with Gasteiger partial charge in [0.2, 0.25) is 15.9 Å². The maximum atomic E-state index is 13.8. The molecule has 1 amide bonds. The maximum absolute atomic E-state index is 13.8. The summed E-state index contributed by atoms with van der Waals surface area (Å²) in [5, 5.41) is 2.66. The van der Waals surface area contributed by atoms with Crippen LogP contribution in [0.3, 0.4) is 0 Å². The van der Waals surface area contributed by atoms with E-state index in [0.717, 1.165) is 22.5 Å². The third-order valence-corrected chi connectivity index (χ3v) is 4.94. The molecule has 0 bridgehead atoms. The van der Waals surface area contributed by atoms with Crippen LogP contribution in [0.15, 0.2) is 48.5 Å². The molecule has 0 atom stereocenters. The molecule has 2 aromatic rings. The highest BCUT2D eigenvalue weighted by atomic mass is 32.2. The minimum Gasteiger partial charge on any atom is -0.325 e. The molecule has 25 heavy (non-hydrogen) atoms. The number of amides is 1. The largest absolute Gasteiger partial charge is 0.325 e. The van der Waals surface area contributed by atoms with Crippen molar-refractivity contribution in [1.29, 1.82) is 0 Å². The number of carbonyl (C=O) groups excluding carboxylic acids is 1. The third-order valence-electron chi connectivity index (χ3n) is 3.74. The molecule has 2 rings (SSSR count). The topological polar surface area (TPSA) is 66.5 Å². The molecule has 7 heteroatoms. The first-order chi connectivity index (χ1) is 11.8. The molecular weight excluding hydrogens is 343 g/mol. The van der Waals surface area contributed by atoms with Crippen LogP contribution in [0.4, 0.5) is 10.1 Å². The number of benzene rings is 2. The van der Waals surface area contributed by atoms with Crippen LogP contribution < -0.4 is 5.32 Å². The molecule has 0 aliphatic rings. The van der Waals surface area contributed by atoms with Gasteiger partial charge in [0.05, 0.1) is 12.8 Å². The van der Waals surface area contributed by atoms with E-state index in [1.54, 1.807) is 18.2 Å². The van der Waals surface area contributed by atoms with Crippen molar-refractivity contribution in [2.75, 3.05) is 18.1 Å². The second-order valence-corrected chi connectivity index (χ2v) is 7.70. The zero-order valence-corrected chi connectivity index (χ0v) is 15.0. The predicted molar refractivity (Wildman–Crippen MR) is 96.1 cm³/mol. The van der Waals surface area contributed by atoms with Gasteiger partial charge in [-0.3, -0.25) is 4.79 Å². The number of hydrogen-bond acceptors (Lipinski definition) is 3. The molecule has 0 radical (unpaired) electrons. The Hall–Kier alpha value is -2.25. The maximum Gasteiger partial charge on any atom is 0.239 e. The van der Waals surface area contributed by atoms with Crippen molar-refractivity contribution in [1.82, 2.24) is 4.31 Å². The Morgan fingerprint density at radius 3 is 2.32 bits per heavy atom. The van der Waals surface area contributed by atoms with Gasteiger partial charge in [-0.05, 0) is 30.2 Å². The Kier molecular flexibility index (Phi) is 6.27. The van der Waals surface area contributed by atoms with Crippen LogP contribution in [0.25, 0.3) is 0 Å². The predicted octanol–water partition coefficient (Wildman–Crippen LogP) is 2.79. The SMILES string of the molecule is CCc1ccc(NC(=O)CN(Cc2ccccc2F)S(C)(=O)=O)cc1. The molecule has 2 aromatic carbocycles. The van der Waals surface area contributed by atoms with E-state index in [-0.39, 0.29) is 18.7 Å². The van der Waals surface area contributed by atoms with Crippen molar-refractivity contribution in [3.05, 3.63) is 65.5 Å². The summed E-state index contributed by atoms with van der Waals surface area (Å²) in [6.45, 7) is 1.44. The number of hydrogen-bond donors (Lipinski definition) is 1. The van der Waals surface area contributed by atoms with Gasteiger partial charge in [-0.2, -0.15) is 4.31 Å². The van der Waals surface area contributed by atoms with Crippen LogP contribution in [-0.2, 0) is 27.8 Å². The van der Waals surface area contributed by atoms with Crippen molar-refractivity contribution in [3.63, 3.8) is 0 Å². The van der Waals surface area contributed by atoms with Crippen molar-refractivity contribution >= 4 is 21.6 Å². The van der Waals surface area contributed by atoms with E-state index in [1.165, 1.54) is 18.2 Å². The number of anilines is 1. The number of halogens is 1. The lowest BCUT2D eigenvalue weighted by atomic mass is 10.1. The van der Waals surface area contributed by atoms with Gasteiger partial charge in [0.25, 0.3) is 0 Å². The van der Waals surface area contributed by atoms with Gasteiger partial charge in [0, 0.05) is 17.8 Å². The lowest BCUT2D eigenvalue weighted by Gasteiger charge is -2.20. The van der Waals surface area contributed by atoms with Gasteiger partial charge in [0.1, 0.15) is 5.82 Å². The van der Waals surface area contributed by atoms with Crippen LogP contribution in [0.5, 0.6) is 0 Å². The molecule has 0 saturated carbocycles. The highest BCUT2D eigenvalue weighted by molar-refractivity contribution is 7.88. The van der Waals surface area contributed by atoms with Gasteiger partial charge < -0.3 is 5.32 Å². The molecule has 0 spiro atoms. The van der Waals surface area contributed by atoms with Gasteiger partial charge in [-0.25, -0.2) is 12.8 Å². The van der Waals surface area contributed by atoms with Crippen LogP contribution in [0.1, 0.15) is 18.1 Å². The second kappa shape index (κ2) is 8.22. The first-order valence-electron chi connectivity index (χ1n) is 7.87. The van der Waals surface area contributed by atoms with Crippen LogP contribution in [-0.4, -0.2) is 31.4 Å². The summed E-state index contributed by atoms with van der Waals surface area (Å²) in [6.07, 6.45) is 1.88. The summed E-state index contributed by atoms with van der Waals surface area (Å²) in [7, 11) is -3.67. The van der Waals surface area contributed by atoms with E-state index < -0.39 is 21.7 Å². The molecule has 134 valence electrons. The Labute approximate surface area is 147 Å². The average Bonchev–Trinajstić information content (AvgIpc) is 2.56. The van der Waals surface area contributed by atoms with E-state index in [2.05, 4.69) is 5.32 Å². The Bertz CT molecular complexity index is 836. The van der Waals surface area contributed by atoms with E-state index in [4.69, 9.17) is 0 Å². The van der Waals surface area contributed by atoms with Gasteiger partial charge in [-0.15, -0.1) is 0 Å². The van der Waals surface area contributed by atoms with Gasteiger partial charge in [-0.1, -0.05) is 37.3 Å². The highest BCUT2D eigenvalue weighted by Crippen LogP contribution is 2.14. The molecule has 0 aliphatic heterocycles. The van der Waals surface area contributed by atoms with E-state index in [0.29, 0.717) is 5.69 Å².